The number of aliphatic imine (C=N–C) groups is 1. The third-order valence-corrected chi connectivity index (χ3v) is 2.20. The van der Waals surface area contributed by atoms with E-state index < -0.39 is 0 Å². The number of guanidine groups is 1. The lowest BCUT2D eigenvalue weighted by atomic mass is 10.4. The molecule has 0 radical (unpaired) electrons. The summed E-state index contributed by atoms with van der Waals surface area (Å²) >= 11 is 0. The lowest BCUT2D eigenvalue weighted by Crippen LogP contribution is -2.37. The van der Waals surface area contributed by atoms with Crippen LogP contribution < -0.4 is 10.6 Å². The zero-order valence-electron chi connectivity index (χ0n) is 10.7. The lowest BCUT2D eigenvalue weighted by Gasteiger charge is -2.08. The van der Waals surface area contributed by atoms with Crippen LogP contribution in [0.5, 0.6) is 0 Å². The van der Waals surface area contributed by atoms with E-state index in [2.05, 4.69) is 27.2 Å². The van der Waals surface area contributed by atoms with Crippen LogP contribution in [-0.4, -0.2) is 24.0 Å². The van der Waals surface area contributed by atoms with E-state index in [1.165, 1.54) is 0 Å². The molecule has 0 bridgehead atoms. The molecule has 0 aliphatic rings. The molecule has 0 spiro atoms. The molecule has 1 rings (SSSR count). The quantitative estimate of drug-likeness (QED) is 0.462. The predicted molar refractivity (Wildman–Crippen MR) is 69.0 cm³/mol. The van der Waals surface area contributed by atoms with Crippen molar-refractivity contribution >= 4 is 5.96 Å². The second kappa shape index (κ2) is 6.73. The van der Waals surface area contributed by atoms with Gasteiger partial charge in [-0.05, 0) is 20.8 Å². The van der Waals surface area contributed by atoms with Gasteiger partial charge in [0.15, 0.2) is 5.96 Å². The maximum atomic E-state index is 5.45. The Labute approximate surface area is 102 Å². The Hall–Kier alpha value is -1.78. The summed E-state index contributed by atoms with van der Waals surface area (Å²) in [6.45, 7) is 11.4. The molecule has 17 heavy (non-hydrogen) atoms. The van der Waals surface area contributed by atoms with Crippen LogP contribution >= 0.6 is 0 Å². The third-order valence-electron chi connectivity index (χ3n) is 2.20. The van der Waals surface area contributed by atoms with E-state index in [0.29, 0.717) is 19.0 Å². The van der Waals surface area contributed by atoms with Crippen LogP contribution in [-0.2, 0) is 6.54 Å². The first-order valence-electron chi connectivity index (χ1n) is 5.73. The van der Waals surface area contributed by atoms with Crippen molar-refractivity contribution in [2.45, 2.75) is 27.3 Å². The van der Waals surface area contributed by atoms with E-state index in [-0.39, 0.29) is 0 Å². The number of nitrogens with zero attached hydrogens (tertiary/aromatic N) is 2. The Bertz CT molecular complexity index is 376. The minimum Gasteiger partial charge on any atom is -0.444 e. The first-order chi connectivity index (χ1) is 8.17. The lowest BCUT2D eigenvalue weighted by molar-refractivity contribution is 0.473. The van der Waals surface area contributed by atoms with Gasteiger partial charge in [-0.25, -0.2) is 9.98 Å². The summed E-state index contributed by atoms with van der Waals surface area (Å²) in [5.41, 5.74) is 0.916. The van der Waals surface area contributed by atoms with E-state index in [4.69, 9.17) is 4.42 Å². The molecule has 0 saturated carbocycles. The molecule has 0 unspecified atom stereocenters. The van der Waals surface area contributed by atoms with Crippen LogP contribution in [0.2, 0.25) is 0 Å². The van der Waals surface area contributed by atoms with Gasteiger partial charge < -0.3 is 15.1 Å². The molecule has 94 valence electrons. The van der Waals surface area contributed by atoms with Crippen LogP contribution in [0, 0.1) is 13.8 Å². The average Bonchev–Trinajstić information content (AvgIpc) is 2.62. The number of oxazole rings is 1. The smallest absolute Gasteiger partial charge is 0.216 e. The van der Waals surface area contributed by atoms with Crippen molar-refractivity contribution < 1.29 is 4.42 Å². The van der Waals surface area contributed by atoms with Crippen LogP contribution in [0.3, 0.4) is 0 Å². The zero-order valence-corrected chi connectivity index (χ0v) is 10.7. The fraction of sp³-hybridized carbons (Fsp3) is 0.500. The summed E-state index contributed by atoms with van der Waals surface area (Å²) in [5.74, 6) is 2.22. The van der Waals surface area contributed by atoms with Gasteiger partial charge in [0.25, 0.3) is 0 Å². The molecule has 0 saturated heterocycles. The SMILES string of the molecule is C=CCNC(=NCc1nc(C)c(C)o1)NCC. The van der Waals surface area contributed by atoms with Gasteiger partial charge in [0.1, 0.15) is 12.3 Å². The molecule has 5 heteroatoms. The summed E-state index contributed by atoms with van der Waals surface area (Å²) in [4.78, 5) is 8.64. The zero-order chi connectivity index (χ0) is 12.7. The van der Waals surface area contributed by atoms with Crippen molar-refractivity contribution in [1.82, 2.24) is 15.6 Å². The van der Waals surface area contributed by atoms with Gasteiger partial charge in [-0.1, -0.05) is 6.08 Å². The molecule has 0 aliphatic carbocycles. The first kappa shape index (κ1) is 13.3. The molecule has 0 amide bonds. The Balaban J connectivity index is 2.60. The average molecular weight is 236 g/mol. The molecule has 1 heterocycles. The number of aromatic nitrogens is 1. The van der Waals surface area contributed by atoms with Gasteiger partial charge in [-0.15, -0.1) is 6.58 Å². The maximum absolute atomic E-state index is 5.45. The molecule has 0 aliphatic heterocycles. The number of aryl methyl sites for hydroxylation is 2. The van der Waals surface area contributed by atoms with E-state index in [0.717, 1.165) is 24.0 Å². The highest BCUT2D eigenvalue weighted by atomic mass is 16.4. The number of hydrogen-bond acceptors (Lipinski definition) is 3. The van der Waals surface area contributed by atoms with Crippen molar-refractivity contribution in [3.8, 4) is 0 Å². The summed E-state index contributed by atoms with van der Waals surface area (Å²) in [6, 6.07) is 0. The summed E-state index contributed by atoms with van der Waals surface area (Å²) in [6.07, 6.45) is 1.78. The van der Waals surface area contributed by atoms with Gasteiger partial charge >= 0.3 is 0 Å². The molecule has 1 aromatic rings. The van der Waals surface area contributed by atoms with Crippen molar-refractivity contribution in [2.24, 2.45) is 4.99 Å². The van der Waals surface area contributed by atoms with Gasteiger partial charge in [-0.2, -0.15) is 0 Å². The number of rotatable bonds is 5. The number of nitrogens with one attached hydrogen (secondary N) is 2. The summed E-state index contributed by atoms with van der Waals surface area (Å²) < 4.78 is 5.45. The Morgan fingerprint density at radius 3 is 2.76 bits per heavy atom. The standard InChI is InChI=1S/C12H20N4O/c1-5-7-14-12(13-6-2)15-8-11-16-9(3)10(4)17-11/h5H,1,6-8H2,2-4H3,(H2,13,14,15). The normalized spacial score (nSPS) is 11.4. The van der Waals surface area contributed by atoms with Crippen molar-refractivity contribution in [2.75, 3.05) is 13.1 Å². The highest BCUT2D eigenvalue weighted by molar-refractivity contribution is 5.79. The maximum Gasteiger partial charge on any atom is 0.216 e. The Kier molecular flexibility index (Phi) is 5.26. The van der Waals surface area contributed by atoms with Gasteiger partial charge in [0, 0.05) is 13.1 Å². The second-order valence-electron chi connectivity index (χ2n) is 3.61. The highest BCUT2D eigenvalue weighted by Gasteiger charge is 2.04. The van der Waals surface area contributed by atoms with Crippen molar-refractivity contribution in [3.05, 3.63) is 30.0 Å². The Morgan fingerprint density at radius 1 is 1.47 bits per heavy atom. The monoisotopic (exact) mass is 236 g/mol. The van der Waals surface area contributed by atoms with Crippen LogP contribution in [0.25, 0.3) is 0 Å². The minimum absolute atomic E-state index is 0.432. The molecule has 0 fully saturated rings. The third kappa shape index (κ3) is 4.30. The topological polar surface area (TPSA) is 62.5 Å². The van der Waals surface area contributed by atoms with Crippen LogP contribution in [0.15, 0.2) is 22.1 Å². The predicted octanol–water partition coefficient (Wildman–Crippen LogP) is 1.53. The van der Waals surface area contributed by atoms with Gasteiger partial charge in [0.2, 0.25) is 5.89 Å². The summed E-state index contributed by atoms with van der Waals surface area (Å²) in [7, 11) is 0. The fourth-order valence-electron chi connectivity index (χ4n) is 1.26. The molecular weight excluding hydrogens is 216 g/mol. The first-order valence-corrected chi connectivity index (χ1v) is 5.73. The van der Waals surface area contributed by atoms with Gasteiger partial charge in [-0.3, -0.25) is 0 Å². The second-order valence-corrected chi connectivity index (χ2v) is 3.61. The molecule has 2 N–H and O–H groups in total. The summed E-state index contributed by atoms with van der Waals surface area (Å²) in [5, 5.41) is 6.24. The minimum atomic E-state index is 0.432. The van der Waals surface area contributed by atoms with E-state index in [1.807, 2.05) is 20.8 Å². The van der Waals surface area contributed by atoms with E-state index >= 15 is 0 Å². The molecular formula is C12H20N4O. The van der Waals surface area contributed by atoms with Crippen molar-refractivity contribution in [1.29, 1.82) is 0 Å². The Morgan fingerprint density at radius 2 is 2.24 bits per heavy atom. The van der Waals surface area contributed by atoms with Gasteiger partial charge in [0.05, 0.1) is 5.69 Å². The fourth-order valence-corrected chi connectivity index (χ4v) is 1.26. The molecule has 1 aromatic heterocycles. The van der Waals surface area contributed by atoms with Crippen LogP contribution in [0.1, 0.15) is 24.3 Å². The van der Waals surface area contributed by atoms with Crippen LogP contribution in [0.4, 0.5) is 0 Å². The molecule has 0 atom stereocenters. The largest absolute Gasteiger partial charge is 0.444 e. The highest BCUT2D eigenvalue weighted by Crippen LogP contribution is 2.08. The van der Waals surface area contributed by atoms with E-state index in [9.17, 15) is 0 Å². The van der Waals surface area contributed by atoms with E-state index in [1.54, 1.807) is 6.08 Å². The molecule has 5 nitrogen and oxygen atoms in total. The van der Waals surface area contributed by atoms with Crippen molar-refractivity contribution in [3.63, 3.8) is 0 Å². The molecule has 0 aromatic carbocycles. The number of hydrogen-bond donors (Lipinski definition) is 2.